The number of carbonyl (C=O) groups excluding carboxylic acids is 1. The summed E-state index contributed by atoms with van der Waals surface area (Å²) in [5.41, 5.74) is 2.93. The van der Waals surface area contributed by atoms with Crippen molar-refractivity contribution >= 4 is 18.3 Å². The van der Waals surface area contributed by atoms with Crippen molar-refractivity contribution in [2.75, 3.05) is 26.2 Å². The summed E-state index contributed by atoms with van der Waals surface area (Å²) in [6.45, 7) is 6.22. The summed E-state index contributed by atoms with van der Waals surface area (Å²) < 4.78 is 0. The van der Waals surface area contributed by atoms with Crippen molar-refractivity contribution in [1.29, 1.82) is 0 Å². The van der Waals surface area contributed by atoms with Crippen LogP contribution in [0.5, 0.6) is 0 Å². The Morgan fingerprint density at radius 2 is 2.05 bits per heavy atom. The number of halogens is 1. The van der Waals surface area contributed by atoms with Gasteiger partial charge >= 0.3 is 0 Å². The molecule has 2 aliphatic rings. The molecule has 1 spiro atoms. The molecule has 1 N–H and O–H groups in total. The lowest BCUT2D eigenvalue weighted by atomic mass is 9.86. The van der Waals surface area contributed by atoms with Gasteiger partial charge < -0.3 is 10.2 Å². The first-order valence-corrected chi connectivity index (χ1v) is 7.71. The van der Waals surface area contributed by atoms with E-state index in [0.29, 0.717) is 17.7 Å². The van der Waals surface area contributed by atoms with Gasteiger partial charge in [0.25, 0.3) is 0 Å². The maximum absolute atomic E-state index is 12.3. The Hall–Kier alpha value is -1.06. The highest BCUT2D eigenvalue weighted by Gasteiger charge is 2.41. The third-order valence-corrected chi connectivity index (χ3v) is 4.87. The van der Waals surface area contributed by atoms with E-state index in [0.717, 1.165) is 32.6 Å². The molecule has 2 fully saturated rings. The van der Waals surface area contributed by atoms with Gasteiger partial charge in [0.15, 0.2) is 0 Å². The first kappa shape index (κ1) is 16.3. The first-order valence-electron chi connectivity index (χ1n) is 7.71. The molecule has 116 valence electrons. The third kappa shape index (κ3) is 3.78. The summed E-state index contributed by atoms with van der Waals surface area (Å²) in [6, 6.07) is 8.51. The fourth-order valence-corrected chi connectivity index (χ4v) is 3.46. The van der Waals surface area contributed by atoms with Gasteiger partial charge in [0.1, 0.15) is 0 Å². The summed E-state index contributed by atoms with van der Waals surface area (Å²) in [5, 5.41) is 3.44. The average Bonchev–Trinajstić information content (AvgIpc) is 3.09. The molecule has 21 heavy (non-hydrogen) atoms. The highest BCUT2D eigenvalue weighted by molar-refractivity contribution is 5.85. The van der Waals surface area contributed by atoms with Crippen molar-refractivity contribution in [2.45, 2.75) is 32.6 Å². The molecule has 2 heterocycles. The average molecular weight is 309 g/mol. The minimum absolute atomic E-state index is 0. The van der Waals surface area contributed by atoms with Gasteiger partial charge in [-0.1, -0.05) is 29.8 Å². The molecule has 0 aliphatic carbocycles. The van der Waals surface area contributed by atoms with Crippen molar-refractivity contribution in [3.63, 3.8) is 0 Å². The van der Waals surface area contributed by atoms with Crippen LogP contribution < -0.4 is 5.32 Å². The number of hydrogen-bond donors (Lipinski definition) is 1. The standard InChI is InChI=1S/C17H24N2O.ClH/c1-14-2-4-15(5-3-14)6-7-16(20)19-11-9-17(13-19)8-10-18-12-17;/h2-5,18H,6-13H2,1H3;1H. The van der Waals surface area contributed by atoms with E-state index in [-0.39, 0.29) is 12.4 Å². The Balaban J connectivity index is 0.00000161. The molecule has 1 atom stereocenters. The smallest absolute Gasteiger partial charge is 0.222 e. The van der Waals surface area contributed by atoms with Crippen LogP contribution in [0.15, 0.2) is 24.3 Å². The zero-order valence-corrected chi connectivity index (χ0v) is 13.5. The van der Waals surface area contributed by atoms with E-state index in [2.05, 4.69) is 41.4 Å². The number of nitrogens with one attached hydrogen (secondary N) is 1. The van der Waals surface area contributed by atoms with Gasteiger partial charge in [0.2, 0.25) is 5.91 Å². The van der Waals surface area contributed by atoms with Crippen LogP contribution in [0, 0.1) is 12.3 Å². The first-order chi connectivity index (χ1) is 9.67. The lowest BCUT2D eigenvalue weighted by Crippen LogP contribution is -2.33. The van der Waals surface area contributed by atoms with Crippen molar-refractivity contribution in [3.05, 3.63) is 35.4 Å². The van der Waals surface area contributed by atoms with E-state index in [1.54, 1.807) is 0 Å². The topological polar surface area (TPSA) is 32.3 Å². The largest absolute Gasteiger partial charge is 0.342 e. The molecule has 3 rings (SSSR count). The molecule has 0 saturated carbocycles. The number of rotatable bonds is 3. The lowest BCUT2D eigenvalue weighted by Gasteiger charge is -2.22. The van der Waals surface area contributed by atoms with Gasteiger partial charge in [0.05, 0.1) is 0 Å². The minimum atomic E-state index is 0. The normalized spacial score (nSPS) is 24.3. The Labute approximate surface area is 133 Å². The van der Waals surface area contributed by atoms with E-state index >= 15 is 0 Å². The van der Waals surface area contributed by atoms with Crippen LogP contribution in [-0.2, 0) is 11.2 Å². The summed E-state index contributed by atoms with van der Waals surface area (Å²) in [5.74, 6) is 0.328. The number of nitrogens with zero attached hydrogens (tertiary/aromatic N) is 1. The molecule has 2 aliphatic heterocycles. The predicted molar refractivity (Wildman–Crippen MR) is 87.9 cm³/mol. The SMILES string of the molecule is Cc1ccc(CCC(=O)N2CCC3(CCNC3)C2)cc1.Cl. The van der Waals surface area contributed by atoms with Crippen LogP contribution in [0.1, 0.15) is 30.4 Å². The van der Waals surface area contributed by atoms with E-state index in [4.69, 9.17) is 0 Å². The molecule has 0 radical (unpaired) electrons. The van der Waals surface area contributed by atoms with Crippen LogP contribution >= 0.6 is 12.4 Å². The number of amides is 1. The van der Waals surface area contributed by atoms with E-state index in [1.165, 1.54) is 24.0 Å². The second-order valence-corrected chi connectivity index (χ2v) is 6.48. The van der Waals surface area contributed by atoms with Crippen LogP contribution in [0.4, 0.5) is 0 Å². The Morgan fingerprint density at radius 1 is 1.29 bits per heavy atom. The van der Waals surface area contributed by atoms with Gasteiger partial charge in [-0.2, -0.15) is 0 Å². The molecule has 4 heteroatoms. The monoisotopic (exact) mass is 308 g/mol. The highest BCUT2D eigenvalue weighted by atomic mass is 35.5. The molecule has 1 aromatic rings. The zero-order valence-electron chi connectivity index (χ0n) is 12.7. The van der Waals surface area contributed by atoms with Crippen LogP contribution in [0.25, 0.3) is 0 Å². The second kappa shape index (κ2) is 6.80. The van der Waals surface area contributed by atoms with Crippen molar-refractivity contribution < 1.29 is 4.79 Å². The summed E-state index contributed by atoms with van der Waals surface area (Å²) in [4.78, 5) is 14.4. The fraction of sp³-hybridized carbons (Fsp3) is 0.588. The van der Waals surface area contributed by atoms with Gasteiger partial charge in [0, 0.05) is 31.5 Å². The second-order valence-electron chi connectivity index (χ2n) is 6.48. The summed E-state index contributed by atoms with van der Waals surface area (Å²) in [7, 11) is 0. The van der Waals surface area contributed by atoms with Gasteiger partial charge in [-0.05, 0) is 38.3 Å². The molecular formula is C17H25ClN2O. The maximum atomic E-state index is 12.3. The Kier molecular flexibility index (Phi) is 5.28. The molecule has 1 unspecified atom stereocenters. The zero-order chi connectivity index (χ0) is 14.0. The number of aryl methyl sites for hydroxylation is 2. The van der Waals surface area contributed by atoms with Crippen molar-refractivity contribution in [2.24, 2.45) is 5.41 Å². The van der Waals surface area contributed by atoms with E-state index in [1.807, 2.05) is 0 Å². The molecule has 0 aromatic heterocycles. The number of hydrogen-bond acceptors (Lipinski definition) is 2. The summed E-state index contributed by atoms with van der Waals surface area (Å²) >= 11 is 0. The van der Waals surface area contributed by atoms with Gasteiger partial charge in [-0.25, -0.2) is 0 Å². The summed E-state index contributed by atoms with van der Waals surface area (Å²) in [6.07, 6.45) is 3.92. The molecule has 3 nitrogen and oxygen atoms in total. The van der Waals surface area contributed by atoms with Crippen LogP contribution in [0.3, 0.4) is 0 Å². The predicted octanol–water partition coefficient (Wildman–Crippen LogP) is 2.56. The fourth-order valence-electron chi connectivity index (χ4n) is 3.46. The number of carbonyl (C=O) groups is 1. The van der Waals surface area contributed by atoms with Crippen LogP contribution in [0.2, 0.25) is 0 Å². The molecule has 0 bridgehead atoms. The minimum Gasteiger partial charge on any atom is -0.342 e. The number of likely N-dealkylation sites (tertiary alicyclic amines) is 1. The molecule has 2 saturated heterocycles. The van der Waals surface area contributed by atoms with E-state index < -0.39 is 0 Å². The highest BCUT2D eigenvalue weighted by Crippen LogP contribution is 2.36. The quantitative estimate of drug-likeness (QED) is 0.931. The van der Waals surface area contributed by atoms with Gasteiger partial charge in [-0.3, -0.25) is 4.79 Å². The van der Waals surface area contributed by atoms with Crippen LogP contribution in [-0.4, -0.2) is 37.0 Å². The number of benzene rings is 1. The molecule has 1 aromatic carbocycles. The molecular weight excluding hydrogens is 284 g/mol. The third-order valence-electron chi connectivity index (χ3n) is 4.87. The van der Waals surface area contributed by atoms with Crippen molar-refractivity contribution in [1.82, 2.24) is 10.2 Å². The molecule has 1 amide bonds. The Bertz CT molecular complexity index is 480. The van der Waals surface area contributed by atoms with Gasteiger partial charge in [-0.15, -0.1) is 12.4 Å². The van der Waals surface area contributed by atoms with E-state index in [9.17, 15) is 4.79 Å². The van der Waals surface area contributed by atoms with Crippen molar-refractivity contribution in [3.8, 4) is 0 Å². The Morgan fingerprint density at radius 3 is 2.71 bits per heavy atom. The maximum Gasteiger partial charge on any atom is 0.222 e. The lowest BCUT2D eigenvalue weighted by molar-refractivity contribution is -0.130.